The van der Waals surface area contributed by atoms with E-state index in [2.05, 4.69) is 11.8 Å². The molecule has 1 aromatic carbocycles. The summed E-state index contributed by atoms with van der Waals surface area (Å²) in [7, 11) is 1.95. The lowest BCUT2D eigenvalue weighted by Crippen LogP contribution is -2.30. The largest absolute Gasteiger partial charge is 0.492 e. The molecular weight excluding hydrogens is 242 g/mol. The Morgan fingerprint density at radius 3 is 2.58 bits per heavy atom. The van der Waals surface area contributed by atoms with E-state index in [0.29, 0.717) is 13.2 Å². The highest BCUT2D eigenvalue weighted by Gasteiger charge is 2.02. The van der Waals surface area contributed by atoms with Gasteiger partial charge in [0.15, 0.2) is 0 Å². The van der Waals surface area contributed by atoms with Crippen LogP contribution in [0.5, 0.6) is 5.75 Å². The molecule has 1 unspecified atom stereocenters. The van der Waals surface area contributed by atoms with Crippen molar-refractivity contribution >= 4 is 0 Å². The van der Waals surface area contributed by atoms with Crippen molar-refractivity contribution in [2.24, 2.45) is 0 Å². The number of rotatable bonds is 6. The van der Waals surface area contributed by atoms with Crippen molar-refractivity contribution in [2.75, 3.05) is 33.4 Å². The topological polar surface area (TPSA) is 52.9 Å². The van der Waals surface area contributed by atoms with E-state index in [0.717, 1.165) is 17.9 Å². The summed E-state index contributed by atoms with van der Waals surface area (Å²) in [6.45, 7) is 3.61. The SMILES string of the molecule is CC(O)CN(C)CCOc1ccc(C#CCO)cc1. The Kier molecular flexibility index (Phi) is 6.98. The maximum absolute atomic E-state index is 9.23. The molecule has 0 aliphatic carbocycles. The van der Waals surface area contributed by atoms with Gasteiger partial charge in [0.05, 0.1) is 6.10 Å². The normalized spacial score (nSPS) is 11.8. The smallest absolute Gasteiger partial charge is 0.119 e. The van der Waals surface area contributed by atoms with Crippen LogP contribution in [0.3, 0.4) is 0 Å². The van der Waals surface area contributed by atoms with E-state index in [4.69, 9.17) is 9.84 Å². The van der Waals surface area contributed by atoms with Gasteiger partial charge in [-0.15, -0.1) is 0 Å². The number of aliphatic hydroxyl groups is 2. The average molecular weight is 263 g/mol. The summed E-state index contributed by atoms with van der Waals surface area (Å²) in [5.74, 6) is 6.21. The Balaban J connectivity index is 2.34. The molecule has 0 aliphatic heterocycles. The third-order valence-electron chi connectivity index (χ3n) is 2.48. The van der Waals surface area contributed by atoms with Crippen molar-refractivity contribution in [1.82, 2.24) is 4.90 Å². The van der Waals surface area contributed by atoms with Gasteiger partial charge in [-0.3, -0.25) is 0 Å². The molecule has 2 N–H and O–H groups in total. The zero-order valence-electron chi connectivity index (χ0n) is 11.5. The first-order valence-electron chi connectivity index (χ1n) is 6.31. The first kappa shape index (κ1) is 15.5. The predicted octanol–water partition coefficient (Wildman–Crippen LogP) is 0.722. The number of ether oxygens (including phenoxy) is 1. The summed E-state index contributed by atoms with van der Waals surface area (Å²) in [6, 6.07) is 7.43. The lowest BCUT2D eigenvalue weighted by Gasteiger charge is -2.18. The molecule has 0 fully saturated rings. The van der Waals surface area contributed by atoms with Crippen LogP contribution in [0.2, 0.25) is 0 Å². The molecule has 104 valence electrons. The minimum absolute atomic E-state index is 0.131. The maximum Gasteiger partial charge on any atom is 0.119 e. The van der Waals surface area contributed by atoms with Gasteiger partial charge in [0, 0.05) is 18.7 Å². The van der Waals surface area contributed by atoms with Crippen LogP contribution in [-0.2, 0) is 0 Å². The Morgan fingerprint density at radius 1 is 1.32 bits per heavy atom. The number of hydrogen-bond acceptors (Lipinski definition) is 4. The van der Waals surface area contributed by atoms with E-state index in [1.54, 1.807) is 6.92 Å². The van der Waals surface area contributed by atoms with Crippen molar-refractivity contribution in [3.8, 4) is 17.6 Å². The van der Waals surface area contributed by atoms with E-state index in [9.17, 15) is 5.11 Å². The van der Waals surface area contributed by atoms with Gasteiger partial charge in [-0.1, -0.05) is 11.8 Å². The standard InChI is InChI=1S/C15H21NO3/c1-13(18)12-16(2)9-11-19-15-7-5-14(6-8-15)4-3-10-17/h5-8,13,17-18H,9-12H2,1-2H3. The van der Waals surface area contributed by atoms with Crippen molar-refractivity contribution < 1.29 is 14.9 Å². The second-order valence-corrected chi connectivity index (χ2v) is 4.44. The highest BCUT2D eigenvalue weighted by Crippen LogP contribution is 2.11. The van der Waals surface area contributed by atoms with E-state index in [-0.39, 0.29) is 12.7 Å². The van der Waals surface area contributed by atoms with Crippen molar-refractivity contribution in [3.63, 3.8) is 0 Å². The minimum atomic E-state index is -0.325. The lowest BCUT2D eigenvalue weighted by molar-refractivity contribution is 0.131. The molecular formula is C15H21NO3. The Bertz CT molecular complexity index is 417. The number of likely N-dealkylation sites (N-methyl/N-ethyl adjacent to an activating group) is 1. The van der Waals surface area contributed by atoms with Crippen molar-refractivity contribution in [3.05, 3.63) is 29.8 Å². The van der Waals surface area contributed by atoms with Crippen LogP contribution in [0, 0.1) is 11.8 Å². The lowest BCUT2D eigenvalue weighted by atomic mass is 10.2. The molecule has 0 amide bonds. The second-order valence-electron chi connectivity index (χ2n) is 4.44. The molecule has 1 rings (SSSR count). The summed E-state index contributed by atoms with van der Waals surface area (Å²) >= 11 is 0. The van der Waals surface area contributed by atoms with Gasteiger partial charge < -0.3 is 19.8 Å². The van der Waals surface area contributed by atoms with Crippen molar-refractivity contribution in [2.45, 2.75) is 13.0 Å². The third kappa shape index (κ3) is 6.82. The van der Waals surface area contributed by atoms with Crippen LogP contribution in [0.15, 0.2) is 24.3 Å². The van der Waals surface area contributed by atoms with Gasteiger partial charge in [-0.2, -0.15) is 0 Å². The fraction of sp³-hybridized carbons (Fsp3) is 0.467. The molecule has 4 heteroatoms. The quantitative estimate of drug-likeness (QED) is 0.743. The average Bonchev–Trinajstić information content (AvgIpc) is 2.37. The molecule has 0 aliphatic rings. The van der Waals surface area contributed by atoms with E-state index >= 15 is 0 Å². The monoisotopic (exact) mass is 263 g/mol. The van der Waals surface area contributed by atoms with E-state index in [1.807, 2.05) is 36.2 Å². The van der Waals surface area contributed by atoms with Gasteiger partial charge in [-0.25, -0.2) is 0 Å². The molecule has 0 bridgehead atoms. The Hall–Kier alpha value is -1.54. The summed E-state index contributed by atoms with van der Waals surface area (Å²) < 4.78 is 5.60. The summed E-state index contributed by atoms with van der Waals surface area (Å²) in [5.41, 5.74) is 0.854. The third-order valence-corrected chi connectivity index (χ3v) is 2.48. The fourth-order valence-electron chi connectivity index (χ4n) is 1.64. The number of nitrogens with zero attached hydrogens (tertiary/aromatic N) is 1. The number of hydrogen-bond donors (Lipinski definition) is 2. The van der Waals surface area contributed by atoms with Crippen LogP contribution in [-0.4, -0.2) is 54.6 Å². The Morgan fingerprint density at radius 2 is 2.00 bits per heavy atom. The van der Waals surface area contributed by atoms with Crippen LogP contribution >= 0.6 is 0 Å². The molecule has 1 atom stereocenters. The van der Waals surface area contributed by atoms with Gasteiger partial charge in [0.1, 0.15) is 19.0 Å². The second kappa shape index (κ2) is 8.54. The summed E-state index contributed by atoms with van der Waals surface area (Å²) in [6.07, 6.45) is -0.325. The molecule has 0 aromatic heterocycles. The molecule has 0 spiro atoms. The number of aliphatic hydroxyl groups excluding tert-OH is 2. The van der Waals surface area contributed by atoms with Gasteiger partial charge >= 0.3 is 0 Å². The highest BCUT2D eigenvalue weighted by molar-refractivity contribution is 5.38. The first-order chi connectivity index (χ1) is 9.11. The predicted molar refractivity (Wildman–Crippen MR) is 75.1 cm³/mol. The molecule has 0 radical (unpaired) electrons. The minimum Gasteiger partial charge on any atom is -0.492 e. The van der Waals surface area contributed by atoms with Crippen LogP contribution in [0.4, 0.5) is 0 Å². The summed E-state index contributed by atoms with van der Waals surface area (Å²) in [5, 5.41) is 17.8. The van der Waals surface area contributed by atoms with E-state index < -0.39 is 0 Å². The molecule has 1 aromatic rings. The molecule has 0 saturated heterocycles. The van der Waals surface area contributed by atoms with Crippen LogP contribution in [0.1, 0.15) is 12.5 Å². The fourth-order valence-corrected chi connectivity index (χ4v) is 1.64. The zero-order valence-corrected chi connectivity index (χ0v) is 11.5. The first-order valence-corrected chi connectivity index (χ1v) is 6.31. The van der Waals surface area contributed by atoms with Gasteiger partial charge in [0.25, 0.3) is 0 Å². The Labute approximate surface area is 114 Å². The zero-order chi connectivity index (χ0) is 14.1. The van der Waals surface area contributed by atoms with Crippen LogP contribution < -0.4 is 4.74 Å². The number of benzene rings is 1. The summed E-state index contributed by atoms with van der Waals surface area (Å²) in [4.78, 5) is 2.02. The van der Waals surface area contributed by atoms with Gasteiger partial charge in [0.2, 0.25) is 0 Å². The highest BCUT2D eigenvalue weighted by atomic mass is 16.5. The molecule has 19 heavy (non-hydrogen) atoms. The molecule has 0 heterocycles. The van der Waals surface area contributed by atoms with Gasteiger partial charge in [-0.05, 0) is 38.2 Å². The molecule has 0 saturated carbocycles. The molecule has 4 nitrogen and oxygen atoms in total. The van der Waals surface area contributed by atoms with Crippen LogP contribution in [0.25, 0.3) is 0 Å². The van der Waals surface area contributed by atoms with Crippen molar-refractivity contribution in [1.29, 1.82) is 0 Å². The maximum atomic E-state index is 9.23. The van der Waals surface area contributed by atoms with E-state index in [1.165, 1.54) is 0 Å².